The van der Waals surface area contributed by atoms with Gasteiger partial charge in [0.05, 0.1) is 11.1 Å². The minimum Gasteiger partial charge on any atom is -0.470 e. The third-order valence-electron chi connectivity index (χ3n) is 3.36. The fraction of sp³-hybridized carbons (Fsp3) is 0.300. The Balaban J connectivity index is 2.20. The highest BCUT2D eigenvalue weighted by molar-refractivity contribution is 7.99. The highest BCUT2D eigenvalue weighted by Gasteiger charge is 2.25. The number of carbonyl (C=O) groups excluding carboxylic acids is 1. The van der Waals surface area contributed by atoms with E-state index in [1.807, 2.05) is 38.3 Å². The van der Waals surface area contributed by atoms with E-state index in [2.05, 4.69) is 28.1 Å². The number of carbonyl (C=O) groups is 1. The Kier molecular flexibility index (Phi) is 5.96. The first-order chi connectivity index (χ1) is 11.9. The summed E-state index contributed by atoms with van der Waals surface area (Å²) in [7, 11) is 0. The van der Waals surface area contributed by atoms with E-state index in [9.17, 15) is 4.79 Å². The van der Waals surface area contributed by atoms with Crippen LogP contribution in [-0.2, 0) is 4.79 Å². The summed E-state index contributed by atoms with van der Waals surface area (Å²) in [6.07, 6.45) is 8.89. The van der Waals surface area contributed by atoms with Crippen LogP contribution in [0.25, 0.3) is 10.9 Å². The Morgan fingerprint density at radius 1 is 1.40 bits per heavy atom. The monoisotopic (exact) mass is 352 g/mol. The molecule has 0 saturated carbocycles. The molecule has 128 valence electrons. The van der Waals surface area contributed by atoms with Crippen LogP contribution in [0.4, 0.5) is 0 Å². The molecular formula is C20H20N2O2S. The van der Waals surface area contributed by atoms with Gasteiger partial charge in [0, 0.05) is 17.1 Å². The third kappa shape index (κ3) is 4.92. The number of pyridine rings is 1. The van der Waals surface area contributed by atoms with Crippen molar-refractivity contribution >= 4 is 28.6 Å². The number of ether oxygens (including phenoxy) is 1. The number of aromatic nitrogens is 1. The average Bonchev–Trinajstić information content (AvgIpc) is 2.58. The molecule has 1 unspecified atom stereocenters. The normalized spacial score (nSPS) is 11.8. The molecule has 1 heterocycles. The standard InChI is InChI=1S/C20H20N2O2S/c1-6-10-20(3,4)22-18(23)19(25-5)24-16-8-9-17-15(12-16)11-14(7-2)13-21-17/h2,8-9,11-13,19H,1,3-5H3,(H,22,23). The van der Waals surface area contributed by atoms with E-state index in [1.165, 1.54) is 11.8 Å². The second-order valence-corrected chi connectivity index (χ2v) is 6.80. The molecule has 5 heteroatoms. The molecule has 0 aliphatic carbocycles. The van der Waals surface area contributed by atoms with Crippen molar-refractivity contribution in [1.82, 2.24) is 10.3 Å². The summed E-state index contributed by atoms with van der Waals surface area (Å²) >= 11 is 1.31. The highest BCUT2D eigenvalue weighted by atomic mass is 32.2. The van der Waals surface area contributed by atoms with E-state index in [4.69, 9.17) is 11.2 Å². The number of thioether (sulfide) groups is 1. The van der Waals surface area contributed by atoms with Gasteiger partial charge in [-0.15, -0.1) is 24.1 Å². The molecule has 1 N–H and O–H groups in total. The van der Waals surface area contributed by atoms with Gasteiger partial charge in [-0.2, -0.15) is 0 Å². The first-order valence-electron chi connectivity index (χ1n) is 7.70. The van der Waals surface area contributed by atoms with Crippen LogP contribution in [0.15, 0.2) is 30.5 Å². The summed E-state index contributed by atoms with van der Waals surface area (Å²) in [4.78, 5) is 16.8. The molecule has 2 rings (SSSR count). The van der Waals surface area contributed by atoms with E-state index in [0.29, 0.717) is 11.3 Å². The predicted molar refractivity (Wildman–Crippen MR) is 103 cm³/mol. The van der Waals surface area contributed by atoms with Gasteiger partial charge in [0.1, 0.15) is 5.75 Å². The second kappa shape index (κ2) is 7.96. The molecule has 1 atom stereocenters. The largest absolute Gasteiger partial charge is 0.470 e. The summed E-state index contributed by atoms with van der Waals surface area (Å²) < 4.78 is 5.85. The van der Waals surface area contributed by atoms with E-state index >= 15 is 0 Å². The van der Waals surface area contributed by atoms with E-state index in [0.717, 1.165) is 10.9 Å². The molecule has 0 radical (unpaired) electrons. The Morgan fingerprint density at radius 3 is 2.80 bits per heavy atom. The number of terminal acetylenes is 1. The van der Waals surface area contributed by atoms with Gasteiger partial charge >= 0.3 is 0 Å². The zero-order valence-electron chi connectivity index (χ0n) is 14.7. The maximum absolute atomic E-state index is 12.5. The highest BCUT2D eigenvalue weighted by Crippen LogP contribution is 2.23. The van der Waals surface area contributed by atoms with Crippen molar-refractivity contribution in [2.24, 2.45) is 0 Å². The van der Waals surface area contributed by atoms with Crippen molar-refractivity contribution in [2.45, 2.75) is 31.7 Å². The maximum atomic E-state index is 12.5. The number of nitrogens with zero attached hydrogens (tertiary/aromatic N) is 1. The lowest BCUT2D eigenvalue weighted by Gasteiger charge is -2.24. The van der Waals surface area contributed by atoms with Gasteiger partial charge in [-0.1, -0.05) is 11.8 Å². The Labute approximate surface area is 152 Å². The van der Waals surface area contributed by atoms with Crippen molar-refractivity contribution in [3.63, 3.8) is 0 Å². The zero-order valence-corrected chi connectivity index (χ0v) is 15.5. The first-order valence-corrected chi connectivity index (χ1v) is 8.99. The SMILES string of the molecule is C#Cc1cnc2ccc(OC(SC)C(=O)NC(C)(C)C#CC)cc2c1. The van der Waals surface area contributed by atoms with E-state index in [1.54, 1.807) is 19.2 Å². The number of amides is 1. The molecule has 0 aliphatic rings. The van der Waals surface area contributed by atoms with Gasteiger partial charge in [0.2, 0.25) is 5.44 Å². The lowest BCUT2D eigenvalue weighted by molar-refractivity contribution is -0.125. The Bertz CT molecular complexity index is 888. The van der Waals surface area contributed by atoms with Gasteiger partial charge < -0.3 is 10.1 Å². The second-order valence-electron chi connectivity index (χ2n) is 5.90. The zero-order chi connectivity index (χ0) is 18.4. The molecular weight excluding hydrogens is 332 g/mol. The minimum absolute atomic E-state index is 0.226. The lowest BCUT2D eigenvalue weighted by Crippen LogP contribution is -2.47. The number of hydrogen-bond donors (Lipinski definition) is 1. The topological polar surface area (TPSA) is 51.2 Å². The molecule has 0 aliphatic heterocycles. The smallest absolute Gasteiger partial charge is 0.272 e. The number of hydrogen-bond acceptors (Lipinski definition) is 4. The minimum atomic E-state index is -0.681. The van der Waals surface area contributed by atoms with Crippen LogP contribution in [-0.4, -0.2) is 28.1 Å². The molecule has 0 saturated heterocycles. The molecule has 0 bridgehead atoms. The predicted octanol–water partition coefficient (Wildman–Crippen LogP) is 3.20. The molecule has 25 heavy (non-hydrogen) atoms. The molecule has 4 nitrogen and oxygen atoms in total. The summed E-state index contributed by atoms with van der Waals surface area (Å²) in [6, 6.07) is 7.32. The van der Waals surface area contributed by atoms with Gasteiger partial charge in [0.15, 0.2) is 0 Å². The number of rotatable bonds is 5. The van der Waals surface area contributed by atoms with Crippen LogP contribution < -0.4 is 10.1 Å². The number of benzene rings is 1. The van der Waals surface area contributed by atoms with Crippen LogP contribution >= 0.6 is 11.8 Å². The molecule has 0 spiro atoms. The van der Waals surface area contributed by atoms with Crippen LogP contribution in [0, 0.1) is 24.2 Å². The molecule has 1 aromatic heterocycles. The van der Waals surface area contributed by atoms with E-state index < -0.39 is 11.0 Å². The fourth-order valence-corrected chi connectivity index (χ4v) is 2.79. The van der Waals surface area contributed by atoms with Crippen molar-refractivity contribution in [1.29, 1.82) is 0 Å². The van der Waals surface area contributed by atoms with Crippen LogP contribution in [0.3, 0.4) is 0 Å². The fourth-order valence-electron chi connectivity index (χ4n) is 2.30. The van der Waals surface area contributed by atoms with Crippen molar-refractivity contribution in [3.05, 3.63) is 36.0 Å². The molecule has 0 fully saturated rings. The van der Waals surface area contributed by atoms with Gasteiger partial charge in [-0.25, -0.2) is 0 Å². The Morgan fingerprint density at radius 2 is 2.16 bits per heavy atom. The lowest BCUT2D eigenvalue weighted by atomic mass is 10.1. The van der Waals surface area contributed by atoms with Gasteiger partial charge in [-0.3, -0.25) is 9.78 Å². The van der Waals surface area contributed by atoms with Crippen molar-refractivity contribution < 1.29 is 9.53 Å². The average molecular weight is 352 g/mol. The summed E-state index contributed by atoms with van der Waals surface area (Å²) in [5.74, 6) is 8.69. The number of nitrogens with one attached hydrogen (secondary N) is 1. The quantitative estimate of drug-likeness (QED) is 0.663. The summed E-state index contributed by atoms with van der Waals surface area (Å²) in [5.41, 5.74) is 0.219. The summed E-state index contributed by atoms with van der Waals surface area (Å²) in [6.45, 7) is 5.44. The molecule has 2 aromatic rings. The van der Waals surface area contributed by atoms with Crippen LogP contribution in [0.2, 0.25) is 0 Å². The number of fused-ring (bicyclic) bond motifs is 1. The van der Waals surface area contributed by atoms with Gasteiger partial charge in [-0.05, 0) is 51.3 Å². The van der Waals surface area contributed by atoms with Crippen molar-refractivity contribution in [2.75, 3.05) is 6.26 Å². The molecule has 1 aromatic carbocycles. The van der Waals surface area contributed by atoms with Gasteiger partial charge in [0.25, 0.3) is 5.91 Å². The first kappa shape index (κ1) is 18.7. The summed E-state index contributed by atoms with van der Waals surface area (Å²) in [5, 5.41) is 3.75. The van der Waals surface area contributed by atoms with Crippen LogP contribution in [0.1, 0.15) is 26.3 Å². The van der Waals surface area contributed by atoms with E-state index in [-0.39, 0.29) is 5.91 Å². The third-order valence-corrected chi connectivity index (χ3v) is 4.10. The van der Waals surface area contributed by atoms with Crippen LogP contribution in [0.5, 0.6) is 5.75 Å². The maximum Gasteiger partial charge on any atom is 0.272 e. The molecule has 1 amide bonds. The Hall–Kier alpha value is -2.63. The van der Waals surface area contributed by atoms with Crippen molar-refractivity contribution in [3.8, 4) is 29.9 Å².